The Balaban J connectivity index is 1.33. The zero-order chi connectivity index (χ0) is 20.5. The number of carbonyl (C=O) groups excluding carboxylic acids is 2. The standard InChI is InChI=1S/C25H24N2O3/c28-24(15-19-7-3-6-17-5-1-2-8-21(17)19)26-20-11-10-18-12-13-27(22(18)16-20)25(29)23-9-4-14-30-23/h1-3,5-8,10-11,16,23H,4,9,12-15H2,(H,26,28). The van der Waals surface area contributed by atoms with Crippen LogP contribution in [-0.4, -0.2) is 31.1 Å². The second kappa shape index (κ2) is 7.92. The first-order chi connectivity index (χ1) is 14.7. The minimum atomic E-state index is -0.333. The highest BCUT2D eigenvalue weighted by Gasteiger charge is 2.32. The number of fused-ring (bicyclic) bond motifs is 2. The number of nitrogens with zero attached hydrogens (tertiary/aromatic N) is 1. The maximum Gasteiger partial charge on any atom is 0.256 e. The van der Waals surface area contributed by atoms with Gasteiger partial charge in [0.1, 0.15) is 6.10 Å². The van der Waals surface area contributed by atoms with Gasteiger partial charge in [0, 0.05) is 24.5 Å². The monoisotopic (exact) mass is 400 g/mol. The number of amides is 2. The molecule has 30 heavy (non-hydrogen) atoms. The van der Waals surface area contributed by atoms with Gasteiger partial charge in [0.25, 0.3) is 5.91 Å². The molecular formula is C25H24N2O3. The lowest BCUT2D eigenvalue weighted by atomic mass is 10.0. The quantitative estimate of drug-likeness (QED) is 0.718. The van der Waals surface area contributed by atoms with Crippen molar-refractivity contribution < 1.29 is 14.3 Å². The molecule has 3 aromatic carbocycles. The van der Waals surface area contributed by atoms with Gasteiger partial charge in [-0.05, 0) is 53.3 Å². The van der Waals surface area contributed by atoms with Crippen LogP contribution >= 0.6 is 0 Å². The summed E-state index contributed by atoms with van der Waals surface area (Å²) in [7, 11) is 0. The number of carbonyl (C=O) groups is 2. The van der Waals surface area contributed by atoms with Gasteiger partial charge in [-0.2, -0.15) is 0 Å². The van der Waals surface area contributed by atoms with Crippen molar-refractivity contribution in [2.24, 2.45) is 0 Å². The Hall–Kier alpha value is -3.18. The molecule has 152 valence electrons. The number of nitrogens with one attached hydrogen (secondary N) is 1. The number of hydrogen-bond acceptors (Lipinski definition) is 3. The summed E-state index contributed by atoms with van der Waals surface area (Å²) in [6, 6.07) is 19.9. The summed E-state index contributed by atoms with van der Waals surface area (Å²) >= 11 is 0. The third-order valence-electron chi connectivity index (χ3n) is 5.97. The first-order valence-corrected chi connectivity index (χ1v) is 10.5. The highest BCUT2D eigenvalue weighted by Crippen LogP contribution is 2.32. The van der Waals surface area contributed by atoms with Gasteiger partial charge in [0.2, 0.25) is 5.91 Å². The molecule has 0 aliphatic carbocycles. The highest BCUT2D eigenvalue weighted by molar-refractivity contribution is 6.00. The molecule has 2 amide bonds. The molecule has 1 unspecified atom stereocenters. The summed E-state index contributed by atoms with van der Waals surface area (Å²) in [4.78, 5) is 27.4. The van der Waals surface area contributed by atoms with Crippen LogP contribution in [-0.2, 0) is 27.2 Å². The van der Waals surface area contributed by atoms with E-state index in [0.29, 0.717) is 25.3 Å². The van der Waals surface area contributed by atoms with Crippen LogP contribution in [0.4, 0.5) is 11.4 Å². The highest BCUT2D eigenvalue weighted by atomic mass is 16.5. The number of ether oxygens (including phenoxy) is 1. The molecule has 2 heterocycles. The van der Waals surface area contributed by atoms with Crippen LogP contribution in [0.15, 0.2) is 60.7 Å². The van der Waals surface area contributed by atoms with E-state index < -0.39 is 0 Å². The zero-order valence-electron chi connectivity index (χ0n) is 16.8. The molecule has 3 aromatic rings. The Morgan fingerprint density at radius 1 is 1.07 bits per heavy atom. The van der Waals surface area contributed by atoms with Gasteiger partial charge < -0.3 is 15.0 Å². The van der Waals surface area contributed by atoms with Crippen LogP contribution in [0.3, 0.4) is 0 Å². The lowest BCUT2D eigenvalue weighted by molar-refractivity contribution is -0.127. The Labute approximate surface area is 175 Å². The molecule has 0 spiro atoms. The third kappa shape index (κ3) is 3.57. The van der Waals surface area contributed by atoms with Crippen molar-refractivity contribution in [3.8, 4) is 0 Å². The molecule has 0 saturated carbocycles. The largest absolute Gasteiger partial charge is 0.368 e. The molecule has 5 rings (SSSR count). The van der Waals surface area contributed by atoms with Gasteiger partial charge in [-0.1, -0.05) is 48.5 Å². The number of benzene rings is 3. The second-order valence-electron chi connectivity index (χ2n) is 7.95. The van der Waals surface area contributed by atoms with Crippen molar-refractivity contribution in [1.29, 1.82) is 0 Å². The molecular weight excluding hydrogens is 376 g/mol. The number of hydrogen-bond donors (Lipinski definition) is 1. The molecule has 5 heteroatoms. The lowest BCUT2D eigenvalue weighted by Gasteiger charge is -2.21. The van der Waals surface area contributed by atoms with Crippen molar-refractivity contribution >= 4 is 34.0 Å². The lowest BCUT2D eigenvalue weighted by Crippen LogP contribution is -2.37. The van der Waals surface area contributed by atoms with Crippen LogP contribution < -0.4 is 10.2 Å². The van der Waals surface area contributed by atoms with Crippen LogP contribution in [0.1, 0.15) is 24.0 Å². The van der Waals surface area contributed by atoms with Gasteiger partial charge in [-0.25, -0.2) is 0 Å². The van der Waals surface area contributed by atoms with E-state index in [1.54, 1.807) is 0 Å². The summed E-state index contributed by atoms with van der Waals surface area (Å²) in [5.74, 6) is -0.0354. The average molecular weight is 400 g/mol. The predicted octanol–water partition coefficient (Wildman–Crippen LogP) is 4.09. The third-order valence-corrected chi connectivity index (χ3v) is 5.97. The van der Waals surface area contributed by atoms with E-state index in [1.807, 2.05) is 53.4 Å². The topological polar surface area (TPSA) is 58.6 Å². The summed E-state index contributed by atoms with van der Waals surface area (Å²) in [6.45, 7) is 1.32. The SMILES string of the molecule is O=C(Cc1cccc2ccccc12)Nc1ccc2c(c1)N(C(=O)C1CCCO1)CC2. The van der Waals surface area contributed by atoms with Gasteiger partial charge in [-0.3, -0.25) is 9.59 Å². The van der Waals surface area contributed by atoms with E-state index in [0.717, 1.165) is 46.8 Å². The molecule has 2 aliphatic heterocycles. The van der Waals surface area contributed by atoms with Crippen molar-refractivity contribution in [3.63, 3.8) is 0 Å². The van der Waals surface area contributed by atoms with E-state index in [9.17, 15) is 9.59 Å². The van der Waals surface area contributed by atoms with Gasteiger partial charge in [-0.15, -0.1) is 0 Å². The van der Waals surface area contributed by atoms with Crippen molar-refractivity contribution in [3.05, 3.63) is 71.8 Å². The van der Waals surface area contributed by atoms with Gasteiger partial charge in [0.15, 0.2) is 0 Å². The second-order valence-corrected chi connectivity index (χ2v) is 7.95. The molecule has 0 radical (unpaired) electrons. The van der Waals surface area contributed by atoms with Crippen molar-refractivity contribution in [2.45, 2.75) is 31.8 Å². The Morgan fingerprint density at radius 3 is 2.80 bits per heavy atom. The minimum Gasteiger partial charge on any atom is -0.368 e. The van der Waals surface area contributed by atoms with E-state index >= 15 is 0 Å². The summed E-state index contributed by atoms with van der Waals surface area (Å²) < 4.78 is 5.58. The van der Waals surface area contributed by atoms with E-state index in [2.05, 4.69) is 17.4 Å². The normalized spacial score (nSPS) is 17.9. The van der Waals surface area contributed by atoms with Crippen LogP contribution in [0.5, 0.6) is 0 Å². The van der Waals surface area contributed by atoms with E-state index in [-0.39, 0.29) is 17.9 Å². The van der Waals surface area contributed by atoms with Crippen molar-refractivity contribution in [1.82, 2.24) is 0 Å². The molecule has 0 bridgehead atoms. The Kier molecular flexibility index (Phi) is 4.97. The van der Waals surface area contributed by atoms with E-state index in [1.165, 1.54) is 0 Å². The molecule has 1 N–H and O–H groups in total. The van der Waals surface area contributed by atoms with E-state index in [4.69, 9.17) is 4.74 Å². The average Bonchev–Trinajstić information content (AvgIpc) is 3.44. The molecule has 1 fully saturated rings. The summed E-state index contributed by atoms with van der Waals surface area (Å²) in [6.07, 6.45) is 2.52. The molecule has 0 aromatic heterocycles. The fraction of sp³-hybridized carbons (Fsp3) is 0.280. The van der Waals surface area contributed by atoms with Gasteiger partial charge in [0.05, 0.1) is 6.42 Å². The van der Waals surface area contributed by atoms with Crippen LogP contribution in [0.25, 0.3) is 10.8 Å². The first kappa shape index (κ1) is 18.8. The fourth-order valence-electron chi connectivity index (χ4n) is 4.46. The first-order valence-electron chi connectivity index (χ1n) is 10.5. The molecule has 1 saturated heterocycles. The Morgan fingerprint density at radius 2 is 1.93 bits per heavy atom. The number of rotatable bonds is 4. The van der Waals surface area contributed by atoms with Crippen LogP contribution in [0, 0.1) is 0 Å². The molecule has 5 nitrogen and oxygen atoms in total. The molecule has 1 atom stereocenters. The van der Waals surface area contributed by atoms with Gasteiger partial charge >= 0.3 is 0 Å². The predicted molar refractivity (Wildman–Crippen MR) is 118 cm³/mol. The number of anilines is 2. The maximum atomic E-state index is 12.8. The zero-order valence-corrected chi connectivity index (χ0v) is 16.8. The molecule has 2 aliphatic rings. The summed E-state index contributed by atoms with van der Waals surface area (Å²) in [5.41, 5.74) is 3.74. The minimum absolute atomic E-state index is 0.0329. The summed E-state index contributed by atoms with van der Waals surface area (Å²) in [5, 5.41) is 5.23. The Bertz CT molecular complexity index is 1110. The van der Waals surface area contributed by atoms with Crippen LogP contribution in [0.2, 0.25) is 0 Å². The smallest absolute Gasteiger partial charge is 0.256 e. The fourth-order valence-corrected chi connectivity index (χ4v) is 4.46. The van der Waals surface area contributed by atoms with Crippen molar-refractivity contribution in [2.75, 3.05) is 23.4 Å². The maximum absolute atomic E-state index is 12.8.